The molecule has 0 aromatic heterocycles. The van der Waals surface area contributed by atoms with Gasteiger partial charge in [0.15, 0.2) is 19.4 Å². The summed E-state index contributed by atoms with van der Waals surface area (Å²) in [5.74, 6) is 0.399. The molecule has 0 aliphatic carbocycles. The molecule has 0 N–H and O–H groups in total. The maximum Gasteiger partial charge on any atom is 0.270 e. The van der Waals surface area contributed by atoms with E-state index in [2.05, 4.69) is 0 Å². The molecule has 29 heavy (non-hydrogen) atoms. The van der Waals surface area contributed by atoms with E-state index in [1.165, 1.54) is 63.8 Å². The number of allylic oxidation sites excluding steroid dienone is 1. The van der Waals surface area contributed by atoms with Crippen LogP contribution in [0.15, 0.2) is 42.5 Å². The van der Waals surface area contributed by atoms with Gasteiger partial charge in [-0.3, -0.25) is 14.9 Å². The number of methoxy groups -OCH3 is 3. The second-order valence-corrected chi connectivity index (χ2v) is 5.65. The number of ether oxygens (including phenoxy) is 5. The SMILES string of the molecule is COCOc1cc(OC)c(C(=O)C=Cc2cccc([N+](=O)[O-])c2)c(OCOC)c1. The molecule has 0 radical (unpaired) electrons. The lowest BCUT2D eigenvalue weighted by Gasteiger charge is -2.15. The van der Waals surface area contributed by atoms with Crippen LogP contribution in [-0.4, -0.2) is 45.6 Å². The molecule has 0 spiro atoms. The zero-order valence-electron chi connectivity index (χ0n) is 16.2. The van der Waals surface area contributed by atoms with Crippen LogP contribution >= 0.6 is 0 Å². The summed E-state index contributed by atoms with van der Waals surface area (Å²) < 4.78 is 26.0. The zero-order chi connectivity index (χ0) is 21.2. The fraction of sp³-hybridized carbons (Fsp3) is 0.250. The molecule has 0 fully saturated rings. The van der Waals surface area contributed by atoms with Crippen LogP contribution in [0.2, 0.25) is 0 Å². The normalized spacial score (nSPS) is 10.7. The van der Waals surface area contributed by atoms with Crippen LogP contribution in [0.3, 0.4) is 0 Å². The Hall–Kier alpha value is -3.43. The number of benzene rings is 2. The van der Waals surface area contributed by atoms with E-state index in [0.29, 0.717) is 11.3 Å². The van der Waals surface area contributed by atoms with Gasteiger partial charge >= 0.3 is 0 Å². The molecule has 154 valence electrons. The van der Waals surface area contributed by atoms with Crippen molar-refractivity contribution in [3.05, 3.63) is 63.7 Å². The topological polar surface area (TPSA) is 106 Å². The number of carbonyl (C=O) groups excluding carboxylic acids is 1. The van der Waals surface area contributed by atoms with Crippen molar-refractivity contribution in [2.45, 2.75) is 0 Å². The van der Waals surface area contributed by atoms with Gasteiger partial charge in [-0.1, -0.05) is 18.2 Å². The fourth-order valence-corrected chi connectivity index (χ4v) is 2.41. The molecular weight excluding hydrogens is 382 g/mol. The van der Waals surface area contributed by atoms with E-state index in [1.807, 2.05) is 0 Å². The summed E-state index contributed by atoms with van der Waals surface area (Å²) in [5, 5.41) is 10.9. The first-order valence-electron chi connectivity index (χ1n) is 8.42. The highest BCUT2D eigenvalue weighted by molar-refractivity contribution is 6.10. The predicted octanol–water partition coefficient (Wildman–Crippen LogP) is 3.46. The highest BCUT2D eigenvalue weighted by Crippen LogP contribution is 2.35. The van der Waals surface area contributed by atoms with Crippen LogP contribution < -0.4 is 14.2 Å². The number of nitro groups is 1. The molecule has 0 heterocycles. The maximum absolute atomic E-state index is 12.8. The molecule has 2 rings (SSSR count). The summed E-state index contributed by atoms with van der Waals surface area (Å²) in [7, 11) is 4.35. The van der Waals surface area contributed by atoms with Crippen molar-refractivity contribution in [2.24, 2.45) is 0 Å². The number of hydrogen-bond acceptors (Lipinski definition) is 8. The van der Waals surface area contributed by atoms with E-state index in [4.69, 9.17) is 23.7 Å². The third-order valence-electron chi connectivity index (χ3n) is 3.69. The number of nitrogens with zero attached hydrogens (tertiary/aromatic N) is 1. The minimum Gasteiger partial charge on any atom is -0.496 e. The summed E-state index contributed by atoms with van der Waals surface area (Å²) in [6.45, 7) is -0.0847. The first-order chi connectivity index (χ1) is 14.0. The molecule has 0 saturated carbocycles. The lowest BCUT2D eigenvalue weighted by Crippen LogP contribution is -2.08. The average Bonchev–Trinajstić information content (AvgIpc) is 2.74. The van der Waals surface area contributed by atoms with Gasteiger partial charge in [-0.2, -0.15) is 0 Å². The molecule has 0 aliphatic heterocycles. The van der Waals surface area contributed by atoms with E-state index < -0.39 is 10.7 Å². The Labute approximate surface area is 167 Å². The van der Waals surface area contributed by atoms with Crippen LogP contribution in [0.4, 0.5) is 5.69 Å². The molecule has 0 bridgehead atoms. The molecule has 2 aromatic carbocycles. The minimum atomic E-state index is -0.502. The monoisotopic (exact) mass is 403 g/mol. The number of carbonyl (C=O) groups is 1. The number of ketones is 1. The van der Waals surface area contributed by atoms with Crippen LogP contribution in [0.5, 0.6) is 17.2 Å². The highest BCUT2D eigenvalue weighted by Gasteiger charge is 2.19. The van der Waals surface area contributed by atoms with E-state index >= 15 is 0 Å². The average molecular weight is 403 g/mol. The number of nitro benzene ring substituents is 1. The molecule has 9 heteroatoms. The van der Waals surface area contributed by atoms with Crippen molar-refractivity contribution in [3.8, 4) is 17.2 Å². The summed E-state index contributed by atoms with van der Waals surface area (Å²) in [6.07, 6.45) is 2.76. The van der Waals surface area contributed by atoms with Gasteiger partial charge in [0, 0.05) is 38.5 Å². The van der Waals surface area contributed by atoms with Gasteiger partial charge in [0.2, 0.25) is 0 Å². The molecule has 9 nitrogen and oxygen atoms in total. The number of hydrogen-bond donors (Lipinski definition) is 0. The van der Waals surface area contributed by atoms with Gasteiger partial charge in [-0.25, -0.2) is 0 Å². The third-order valence-corrected chi connectivity index (χ3v) is 3.69. The Morgan fingerprint density at radius 2 is 1.72 bits per heavy atom. The Morgan fingerprint density at radius 3 is 2.38 bits per heavy atom. The molecule has 2 aromatic rings. The quantitative estimate of drug-likeness (QED) is 0.185. The molecule has 0 unspecified atom stereocenters. The number of non-ortho nitro benzene ring substituents is 1. The Balaban J connectivity index is 2.38. The Kier molecular flexibility index (Phi) is 8.13. The summed E-state index contributed by atoms with van der Waals surface area (Å²) in [5.41, 5.74) is 0.600. The first kappa shape index (κ1) is 21.9. The summed E-state index contributed by atoms with van der Waals surface area (Å²) in [6, 6.07) is 8.99. The fourth-order valence-electron chi connectivity index (χ4n) is 2.41. The number of rotatable bonds is 11. The largest absolute Gasteiger partial charge is 0.496 e. The lowest BCUT2D eigenvalue weighted by atomic mass is 10.1. The predicted molar refractivity (Wildman–Crippen MR) is 104 cm³/mol. The van der Waals surface area contributed by atoms with E-state index in [1.54, 1.807) is 6.07 Å². The standard InChI is InChI=1S/C20H21NO8/c1-25-12-28-16-10-18(27-3)20(19(11-16)29-13-26-2)17(22)8-7-14-5-4-6-15(9-14)21(23)24/h4-11H,12-13H2,1-3H3. The van der Waals surface area contributed by atoms with Crippen molar-refractivity contribution < 1.29 is 33.4 Å². The first-order valence-corrected chi connectivity index (χ1v) is 8.42. The van der Waals surface area contributed by atoms with Crippen molar-refractivity contribution in [1.29, 1.82) is 0 Å². The van der Waals surface area contributed by atoms with Crippen LogP contribution in [0.25, 0.3) is 6.08 Å². The van der Waals surface area contributed by atoms with Crippen molar-refractivity contribution >= 4 is 17.5 Å². The second-order valence-electron chi connectivity index (χ2n) is 5.65. The van der Waals surface area contributed by atoms with Crippen LogP contribution in [-0.2, 0) is 9.47 Å². The molecule has 0 saturated heterocycles. The summed E-state index contributed by atoms with van der Waals surface area (Å²) in [4.78, 5) is 23.2. The van der Waals surface area contributed by atoms with Crippen molar-refractivity contribution in [3.63, 3.8) is 0 Å². The molecule has 0 atom stereocenters. The van der Waals surface area contributed by atoms with Crippen LogP contribution in [0, 0.1) is 10.1 Å². The molecule has 0 aliphatic rings. The van der Waals surface area contributed by atoms with E-state index in [-0.39, 0.29) is 36.3 Å². The third kappa shape index (κ3) is 6.03. The van der Waals surface area contributed by atoms with E-state index in [9.17, 15) is 14.9 Å². The zero-order valence-corrected chi connectivity index (χ0v) is 16.2. The van der Waals surface area contributed by atoms with Gasteiger partial charge in [-0.05, 0) is 11.6 Å². The Morgan fingerprint density at radius 1 is 1.03 bits per heavy atom. The van der Waals surface area contributed by atoms with Crippen molar-refractivity contribution in [2.75, 3.05) is 34.9 Å². The van der Waals surface area contributed by atoms with Crippen LogP contribution in [0.1, 0.15) is 15.9 Å². The summed E-state index contributed by atoms with van der Waals surface area (Å²) >= 11 is 0. The van der Waals surface area contributed by atoms with Gasteiger partial charge in [0.1, 0.15) is 22.8 Å². The molecule has 0 amide bonds. The molecular formula is C20H21NO8. The van der Waals surface area contributed by atoms with Gasteiger partial charge in [0.05, 0.1) is 12.0 Å². The smallest absolute Gasteiger partial charge is 0.270 e. The van der Waals surface area contributed by atoms with Crippen molar-refractivity contribution in [1.82, 2.24) is 0 Å². The second kappa shape index (κ2) is 10.8. The maximum atomic E-state index is 12.8. The van der Waals surface area contributed by atoms with E-state index in [0.717, 1.165) is 0 Å². The highest BCUT2D eigenvalue weighted by atomic mass is 16.7. The minimum absolute atomic E-state index is 0.00680. The Bertz CT molecular complexity index is 894. The van der Waals surface area contributed by atoms with Gasteiger partial charge in [-0.15, -0.1) is 0 Å². The van der Waals surface area contributed by atoms with Gasteiger partial charge < -0.3 is 23.7 Å². The van der Waals surface area contributed by atoms with Gasteiger partial charge in [0.25, 0.3) is 5.69 Å². The lowest BCUT2D eigenvalue weighted by molar-refractivity contribution is -0.384.